The predicted octanol–water partition coefficient (Wildman–Crippen LogP) is 2.76. The van der Waals surface area contributed by atoms with E-state index in [1.54, 1.807) is 13.0 Å². The highest BCUT2D eigenvalue weighted by atomic mass is 19.3. The Balaban J connectivity index is 2.36. The van der Waals surface area contributed by atoms with Crippen molar-refractivity contribution in [1.29, 1.82) is 0 Å². The molecule has 29 heavy (non-hydrogen) atoms. The van der Waals surface area contributed by atoms with E-state index in [2.05, 4.69) is 14.8 Å². The van der Waals surface area contributed by atoms with Gasteiger partial charge in [0.15, 0.2) is 5.78 Å². The van der Waals surface area contributed by atoms with Crippen LogP contribution in [0.25, 0.3) is 16.6 Å². The van der Waals surface area contributed by atoms with Crippen molar-refractivity contribution in [2.24, 2.45) is 0 Å². The number of carbonyl (C=O) groups is 2. The standard InChI is InChI=1S/C19H15F2N3O5/c1-3-28-18(27)16-17(26)15-12(10(2)25)5-4-6-13(15)24(23-16)11-7-8-22-14(9-11)29-19(20)21/h4-9,19H,3H2,1-2H3. The van der Waals surface area contributed by atoms with E-state index in [0.717, 1.165) is 0 Å². The number of hydrogen-bond acceptors (Lipinski definition) is 7. The van der Waals surface area contributed by atoms with Crippen LogP contribution in [0.1, 0.15) is 34.7 Å². The SMILES string of the molecule is CCOC(=O)c1nn(-c2ccnc(OC(F)F)c2)c2cccc(C(C)=O)c2c1=O. The zero-order valence-corrected chi connectivity index (χ0v) is 15.4. The van der Waals surface area contributed by atoms with Gasteiger partial charge in [0.1, 0.15) is 0 Å². The van der Waals surface area contributed by atoms with E-state index >= 15 is 0 Å². The van der Waals surface area contributed by atoms with Crippen LogP contribution in [-0.4, -0.2) is 39.7 Å². The minimum atomic E-state index is -3.09. The molecular formula is C19H15F2N3O5. The van der Waals surface area contributed by atoms with E-state index < -0.39 is 29.5 Å². The summed E-state index contributed by atoms with van der Waals surface area (Å²) < 4.78 is 35.4. The number of nitrogens with zero attached hydrogens (tertiary/aromatic N) is 3. The fourth-order valence-electron chi connectivity index (χ4n) is 2.78. The van der Waals surface area contributed by atoms with Gasteiger partial charge in [-0.3, -0.25) is 9.59 Å². The lowest BCUT2D eigenvalue weighted by Crippen LogP contribution is -2.25. The number of carbonyl (C=O) groups excluding carboxylic acids is 2. The van der Waals surface area contributed by atoms with Crippen LogP contribution in [-0.2, 0) is 4.74 Å². The van der Waals surface area contributed by atoms with Crippen molar-refractivity contribution < 1.29 is 27.8 Å². The number of pyridine rings is 1. The maximum Gasteiger partial charge on any atom is 0.388 e. The molecule has 0 amide bonds. The van der Waals surface area contributed by atoms with Crippen molar-refractivity contribution in [3.8, 4) is 11.6 Å². The van der Waals surface area contributed by atoms with Crippen LogP contribution >= 0.6 is 0 Å². The number of benzene rings is 1. The summed E-state index contributed by atoms with van der Waals surface area (Å²) in [7, 11) is 0. The van der Waals surface area contributed by atoms with E-state index in [4.69, 9.17) is 4.74 Å². The average molecular weight is 403 g/mol. The lowest BCUT2D eigenvalue weighted by atomic mass is 10.0. The number of Topliss-reactive ketones (excluding diaryl/α,β-unsaturated/α-hetero) is 1. The van der Waals surface area contributed by atoms with Crippen LogP contribution in [0.3, 0.4) is 0 Å². The van der Waals surface area contributed by atoms with Crippen LogP contribution in [0.15, 0.2) is 41.3 Å². The summed E-state index contributed by atoms with van der Waals surface area (Å²) in [6, 6.07) is 7.09. The molecule has 0 saturated carbocycles. The number of ketones is 1. The van der Waals surface area contributed by atoms with E-state index in [-0.39, 0.29) is 34.6 Å². The van der Waals surface area contributed by atoms with E-state index in [1.165, 1.54) is 42.1 Å². The molecule has 8 nitrogen and oxygen atoms in total. The number of halogens is 2. The van der Waals surface area contributed by atoms with Crippen molar-refractivity contribution in [1.82, 2.24) is 14.8 Å². The molecule has 2 heterocycles. The first-order chi connectivity index (χ1) is 13.8. The van der Waals surface area contributed by atoms with Gasteiger partial charge in [-0.2, -0.15) is 13.9 Å². The van der Waals surface area contributed by atoms with Gasteiger partial charge in [0.05, 0.1) is 23.2 Å². The van der Waals surface area contributed by atoms with Crippen molar-refractivity contribution in [2.45, 2.75) is 20.5 Å². The molecule has 3 aromatic rings. The number of hydrogen-bond donors (Lipinski definition) is 0. The molecule has 3 rings (SSSR count). The van der Waals surface area contributed by atoms with Crippen molar-refractivity contribution >= 4 is 22.7 Å². The molecule has 10 heteroatoms. The summed E-state index contributed by atoms with van der Waals surface area (Å²) in [5, 5.41) is 4.02. The summed E-state index contributed by atoms with van der Waals surface area (Å²) in [6.45, 7) is -0.233. The van der Waals surface area contributed by atoms with E-state index in [1.807, 2.05) is 0 Å². The first-order valence-electron chi connectivity index (χ1n) is 8.48. The van der Waals surface area contributed by atoms with Crippen molar-refractivity contribution in [3.05, 3.63) is 58.0 Å². The Hall–Kier alpha value is -3.69. The third kappa shape index (κ3) is 3.96. The fraction of sp³-hybridized carbons (Fsp3) is 0.211. The third-order valence-electron chi connectivity index (χ3n) is 3.93. The smallest absolute Gasteiger partial charge is 0.388 e. The minimum absolute atomic E-state index is 0.00792. The summed E-state index contributed by atoms with van der Waals surface area (Å²) >= 11 is 0. The Morgan fingerprint density at radius 1 is 1.24 bits per heavy atom. The topological polar surface area (TPSA) is 100 Å². The Bertz CT molecular complexity index is 1160. The zero-order valence-electron chi connectivity index (χ0n) is 15.4. The average Bonchev–Trinajstić information content (AvgIpc) is 2.67. The van der Waals surface area contributed by atoms with Gasteiger partial charge >= 0.3 is 12.6 Å². The molecule has 0 saturated heterocycles. The first-order valence-corrected chi connectivity index (χ1v) is 8.48. The Morgan fingerprint density at radius 3 is 2.66 bits per heavy atom. The highest BCUT2D eigenvalue weighted by molar-refractivity contribution is 6.07. The molecule has 0 aliphatic heterocycles. The summed E-state index contributed by atoms with van der Waals surface area (Å²) in [5.41, 5.74) is -0.830. The minimum Gasteiger partial charge on any atom is -0.461 e. The summed E-state index contributed by atoms with van der Waals surface area (Å²) in [5.74, 6) is -1.74. The first kappa shape index (κ1) is 20.1. The van der Waals surface area contributed by atoms with Gasteiger partial charge in [0.2, 0.25) is 17.0 Å². The molecule has 1 aromatic carbocycles. The number of aromatic nitrogens is 3. The maximum absolute atomic E-state index is 12.9. The van der Waals surface area contributed by atoms with E-state index in [0.29, 0.717) is 0 Å². The number of esters is 1. The molecule has 0 radical (unpaired) electrons. The summed E-state index contributed by atoms with van der Waals surface area (Å²) in [4.78, 5) is 40.9. The van der Waals surface area contributed by atoms with Gasteiger partial charge in [-0.1, -0.05) is 12.1 Å². The molecule has 0 aliphatic rings. The largest absolute Gasteiger partial charge is 0.461 e. The van der Waals surface area contributed by atoms with Gasteiger partial charge in [-0.15, -0.1) is 0 Å². The van der Waals surface area contributed by atoms with Gasteiger partial charge in [-0.05, 0) is 26.0 Å². The normalized spacial score (nSPS) is 10.9. The van der Waals surface area contributed by atoms with E-state index in [9.17, 15) is 23.2 Å². The van der Waals surface area contributed by atoms with Crippen LogP contribution < -0.4 is 10.2 Å². The van der Waals surface area contributed by atoms with Gasteiger partial charge < -0.3 is 9.47 Å². The lowest BCUT2D eigenvalue weighted by molar-refractivity contribution is -0.0528. The molecule has 0 fully saturated rings. The monoisotopic (exact) mass is 403 g/mol. The highest BCUT2D eigenvalue weighted by Crippen LogP contribution is 2.22. The predicted molar refractivity (Wildman–Crippen MR) is 97.7 cm³/mol. The molecule has 0 N–H and O–H groups in total. The molecule has 0 bridgehead atoms. The second kappa shape index (κ2) is 8.13. The van der Waals surface area contributed by atoms with Gasteiger partial charge in [-0.25, -0.2) is 14.5 Å². The summed E-state index contributed by atoms with van der Waals surface area (Å²) in [6.07, 6.45) is 1.21. The third-order valence-corrected chi connectivity index (χ3v) is 3.93. The number of ether oxygens (including phenoxy) is 2. The molecule has 2 aromatic heterocycles. The van der Waals surface area contributed by atoms with Crippen molar-refractivity contribution in [3.63, 3.8) is 0 Å². The molecule has 0 aliphatic carbocycles. The van der Waals surface area contributed by atoms with Crippen LogP contribution in [0, 0.1) is 0 Å². The molecule has 150 valence electrons. The Labute approximate surface area is 162 Å². The Kier molecular flexibility index (Phi) is 5.62. The number of fused-ring (bicyclic) bond motifs is 1. The zero-order chi connectivity index (χ0) is 21.1. The van der Waals surface area contributed by atoms with Crippen LogP contribution in [0.5, 0.6) is 5.88 Å². The second-order valence-electron chi connectivity index (χ2n) is 5.80. The Morgan fingerprint density at radius 2 is 2.00 bits per heavy atom. The van der Waals surface area contributed by atoms with Gasteiger partial charge in [0, 0.05) is 17.8 Å². The quantitative estimate of drug-likeness (QED) is 0.461. The molecule has 0 atom stereocenters. The van der Waals surface area contributed by atoms with Gasteiger partial charge in [0.25, 0.3) is 0 Å². The lowest BCUT2D eigenvalue weighted by Gasteiger charge is -2.14. The number of alkyl halides is 2. The van der Waals surface area contributed by atoms with Crippen LogP contribution in [0.2, 0.25) is 0 Å². The number of rotatable bonds is 6. The molecule has 0 unspecified atom stereocenters. The van der Waals surface area contributed by atoms with Crippen LogP contribution in [0.4, 0.5) is 8.78 Å². The molecule has 0 spiro atoms. The van der Waals surface area contributed by atoms with Crippen molar-refractivity contribution in [2.75, 3.05) is 6.61 Å². The highest BCUT2D eigenvalue weighted by Gasteiger charge is 2.22. The maximum atomic E-state index is 12.9. The second-order valence-corrected chi connectivity index (χ2v) is 5.80. The fourth-order valence-corrected chi connectivity index (χ4v) is 2.78. The molecular weight excluding hydrogens is 388 g/mol.